The quantitative estimate of drug-likeness (QED) is 0.813. The average molecular weight is 300 g/mol. The van der Waals surface area contributed by atoms with Gasteiger partial charge in [0.15, 0.2) is 5.11 Å². The van der Waals surface area contributed by atoms with Crippen LogP contribution in [0.1, 0.15) is 25.5 Å². The molecule has 0 bridgehead atoms. The average Bonchev–Trinajstić information content (AvgIpc) is 2.50. The van der Waals surface area contributed by atoms with Gasteiger partial charge in [0.1, 0.15) is 5.75 Å². The van der Waals surface area contributed by atoms with E-state index in [1.54, 1.807) is 0 Å². The second kappa shape index (κ2) is 7.64. The SMILES string of the molecule is CCOc1ccccc1NC(=S)N[C@@H](C)c1ccccc1. The zero-order valence-corrected chi connectivity index (χ0v) is 13.1. The highest BCUT2D eigenvalue weighted by atomic mass is 32.1. The maximum Gasteiger partial charge on any atom is 0.171 e. The fourth-order valence-corrected chi connectivity index (χ4v) is 2.32. The molecule has 0 spiro atoms. The maximum atomic E-state index is 5.58. The second-order valence-electron chi connectivity index (χ2n) is 4.66. The number of rotatable bonds is 5. The van der Waals surface area contributed by atoms with E-state index >= 15 is 0 Å². The smallest absolute Gasteiger partial charge is 0.171 e. The van der Waals surface area contributed by atoms with Gasteiger partial charge in [0, 0.05) is 0 Å². The van der Waals surface area contributed by atoms with E-state index in [0.29, 0.717) is 11.7 Å². The van der Waals surface area contributed by atoms with E-state index in [4.69, 9.17) is 17.0 Å². The molecule has 110 valence electrons. The third-order valence-electron chi connectivity index (χ3n) is 3.08. The molecule has 4 heteroatoms. The third-order valence-corrected chi connectivity index (χ3v) is 3.30. The molecule has 3 nitrogen and oxygen atoms in total. The molecule has 0 saturated heterocycles. The molecule has 0 saturated carbocycles. The van der Waals surface area contributed by atoms with E-state index in [9.17, 15) is 0 Å². The summed E-state index contributed by atoms with van der Waals surface area (Å²) in [6, 6.07) is 18.1. The molecule has 2 rings (SSSR count). The van der Waals surface area contributed by atoms with Gasteiger partial charge in [-0.1, -0.05) is 42.5 Å². The van der Waals surface area contributed by atoms with Crippen LogP contribution in [0.5, 0.6) is 5.75 Å². The van der Waals surface area contributed by atoms with Crippen molar-refractivity contribution in [2.75, 3.05) is 11.9 Å². The van der Waals surface area contributed by atoms with Gasteiger partial charge >= 0.3 is 0 Å². The number of hydrogen-bond donors (Lipinski definition) is 2. The molecule has 2 aromatic rings. The zero-order chi connectivity index (χ0) is 15.1. The van der Waals surface area contributed by atoms with Crippen molar-refractivity contribution in [3.63, 3.8) is 0 Å². The van der Waals surface area contributed by atoms with Crippen LogP contribution in [0, 0.1) is 0 Å². The Bertz CT molecular complexity index is 586. The van der Waals surface area contributed by atoms with Gasteiger partial charge in [0.05, 0.1) is 18.3 Å². The Balaban J connectivity index is 1.99. The standard InChI is InChI=1S/C17H20N2OS/c1-3-20-16-12-8-7-11-15(16)19-17(21)18-13(2)14-9-5-4-6-10-14/h4-13H,3H2,1-2H3,(H2,18,19,21)/t13-/m0/s1. The molecule has 1 atom stereocenters. The fourth-order valence-electron chi connectivity index (χ4n) is 2.03. The molecule has 2 N–H and O–H groups in total. The monoisotopic (exact) mass is 300 g/mol. The predicted molar refractivity (Wildman–Crippen MR) is 91.8 cm³/mol. The molecule has 0 aliphatic heterocycles. The Morgan fingerprint density at radius 2 is 1.76 bits per heavy atom. The second-order valence-corrected chi connectivity index (χ2v) is 5.07. The number of thiocarbonyl (C=S) groups is 1. The molecule has 0 amide bonds. The molecule has 0 aromatic heterocycles. The first-order valence-electron chi connectivity index (χ1n) is 7.05. The molecule has 0 aliphatic carbocycles. The summed E-state index contributed by atoms with van der Waals surface area (Å²) in [5, 5.41) is 7.05. The first-order valence-corrected chi connectivity index (χ1v) is 7.46. The lowest BCUT2D eigenvalue weighted by Crippen LogP contribution is -2.31. The van der Waals surface area contributed by atoms with Crippen molar-refractivity contribution in [3.8, 4) is 5.75 Å². The van der Waals surface area contributed by atoms with Crippen LogP contribution >= 0.6 is 12.2 Å². The van der Waals surface area contributed by atoms with Crippen molar-refractivity contribution >= 4 is 23.0 Å². The van der Waals surface area contributed by atoms with Crippen LogP contribution in [-0.2, 0) is 0 Å². The minimum Gasteiger partial charge on any atom is -0.492 e. The van der Waals surface area contributed by atoms with Gasteiger partial charge < -0.3 is 15.4 Å². The summed E-state index contributed by atoms with van der Waals surface area (Å²) in [6.07, 6.45) is 0. The van der Waals surface area contributed by atoms with E-state index in [1.165, 1.54) is 5.56 Å². The van der Waals surface area contributed by atoms with E-state index in [1.807, 2.05) is 49.4 Å². The third kappa shape index (κ3) is 4.46. The largest absolute Gasteiger partial charge is 0.492 e. The molecule has 0 radical (unpaired) electrons. The lowest BCUT2D eigenvalue weighted by molar-refractivity contribution is 0.342. The first kappa shape index (κ1) is 15.3. The Hall–Kier alpha value is -2.07. The van der Waals surface area contributed by atoms with Gasteiger partial charge in [0.25, 0.3) is 0 Å². The minimum atomic E-state index is 0.144. The van der Waals surface area contributed by atoms with Crippen LogP contribution in [0.3, 0.4) is 0 Å². The van der Waals surface area contributed by atoms with E-state index in [0.717, 1.165) is 11.4 Å². The summed E-state index contributed by atoms with van der Waals surface area (Å²) in [6.45, 7) is 4.67. The molecule has 21 heavy (non-hydrogen) atoms. The minimum absolute atomic E-state index is 0.144. The molecule has 0 fully saturated rings. The number of hydrogen-bond acceptors (Lipinski definition) is 2. The highest BCUT2D eigenvalue weighted by Gasteiger charge is 2.08. The van der Waals surface area contributed by atoms with Crippen LogP contribution < -0.4 is 15.4 Å². The summed E-state index contributed by atoms with van der Waals surface area (Å²) < 4.78 is 5.58. The van der Waals surface area contributed by atoms with Crippen molar-refractivity contribution in [1.82, 2.24) is 5.32 Å². The number of nitrogens with one attached hydrogen (secondary N) is 2. The summed E-state index contributed by atoms with van der Waals surface area (Å²) >= 11 is 5.38. The van der Waals surface area contributed by atoms with Crippen molar-refractivity contribution in [1.29, 1.82) is 0 Å². The maximum absolute atomic E-state index is 5.58. The van der Waals surface area contributed by atoms with Crippen molar-refractivity contribution in [3.05, 3.63) is 60.2 Å². The summed E-state index contributed by atoms with van der Waals surface area (Å²) in [5.41, 5.74) is 2.07. The van der Waals surface area contributed by atoms with Gasteiger partial charge in [-0.05, 0) is 43.8 Å². The molecule has 0 aliphatic rings. The normalized spacial score (nSPS) is 11.5. The highest BCUT2D eigenvalue weighted by Crippen LogP contribution is 2.23. The van der Waals surface area contributed by atoms with Crippen molar-refractivity contribution in [2.24, 2.45) is 0 Å². The molecule has 0 heterocycles. The summed E-state index contributed by atoms with van der Waals surface area (Å²) in [7, 11) is 0. The highest BCUT2D eigenvalue weighted by molar-refractivity contribution is 7.80. The zero-order valence-electron chi connectivity index (χ0n) is 12.3. The van der Waals surface area contributed by atoms with Crippen LogP contribution in [-0.4, -0.2) is 11.7 Å². The van der Waals surface area contributed by atoms with Gasteiger partial charge in [-0.3, -0.25) is 0 Å². The fraction of sp³-hybridized carbons (Fsp3) is 0.235. The molecular weight excluding hydrogens is 280 g/mol. The van der Waals surface area contributed by atoms with Gasteiger partial charge in [-0.25, -0.2) is 0 Å². The van der Waals surface area contributed by atoms with Gasteiger partial charge in [0.2, 0.25) is 0 Å². The molecule has 0 unspecified atom stereocenters. The Labute approximate surface area is 131 Å². The Kier molecular flexibility index (Phi) is 5.58. The lowest BCUT2D eigenvalue weighted by atomic mass is 10.1. The predicted octanol–water partition coefficient (Wildman–Crippen LogP) is 4.13. The van der Waals surface area contributed by atoms with E-state index in [2.05, 4.69) is 29.7 Å². The topological polar surface area (TPSA) is 33.3 Å². The number of benzene rings is 2. The van der Waals surface area contributed by atoms with Gasteiger partial charge in [-0.2, -0.15) is 0 Å². The first-order chi connectivity index (χ1) is 10.2. The number of ether oxygens (including phenoxy) is 1. The Morgan fingerprint density at radius 3 is 2.48 bits per heavy atom. The van der Waals surface area contributed by atoms with Crippen molar-refractivity contribution in [2.45, 2.75) is 19.9 Å². The number of anilines is 1. The van der Waals surface area contributed by atoms with Crippen molar-refractivity contribution < 1.29 is 4.74 Å². The van der Waals surface area contributed by atoms with Crippen LogP contribution in [0.4, 0.5) is 5.69 Å². The van der Waals surface area contributed by atoms with E-state index in [-0.39, 0.29) is 6.04 Å². The summed E-state index contributed by atoms with van der Waals surface area (Å²) in [5.74, 6) is 0.802. The van der Waals surface area contributed by atoms with E-state index < -0.39 is 0 Å². The molecule has 2 aromatic carbocycles. The van der Waals surface area contributed by atoms with Crippen LogP contribution in [0.25, 0.3) is 0 Å². The Morgan fingerprint density at radius 1 is 1.10 bits per heavy atom. The number of para-hydroxylation sites is 2. The van der Waals surface area contributed by atoms with Crippen LogP contribution in [0.2, 0.25) is 0 Å². The summed E-state index contributed by atoms with van der Waals surface area (Å²) in [4.78, 5) is 0. The molecular formula is C17H20N2OS. The van der Waals surface area contributed by atoms with Gasteiger partial charge in [-0.15, -0.1) is 0 Å². The lowest BCUT2D eigenvalue weighted by Gasteiger charge is -2.18. The van der Waals surface area contributed by atoms with Crippen LogP contribution in [0.15, 0.2) is 54.6 Å².